The molecule has 1 aliphatic carbocycles. The largest absolute Gasteiger partial charge is 0.493 e. The molecule has 3 rings (SSSR count). The van der Waals surface area contributed by atoms with Crippen molar-refractivity contribution in [2.45, 2.75) is 58.8 Å². The Morgan fingerprint density at radius 3 is 1.57 bits per heavy atom. The summed E-state index contributed by atoms with van der Waals surface area (Å²) in [5, 5.41) is 0.925. The molecule has 0 atom stereocenters. The third-order valence-electron chi connectivity index (χ3n) is 6.15. The van der Waals surface area contributed by atoms with Gasteiger partial charge in [-0.15, -0.1) is 0 Å². The summed E-state index contributed by atoms with van der Waals surface area (Å²) in [5.74, 6) is 2.18. The van der Waals surface area contributed by atoms with Crippen molar-refractivity contribution in [2.75, 3.05) is 27.4 Å². The van der Waals surface area contributed by atoms with Crippen LogP contribution < -0.4 is 18.9 Å². The van der Waals surface area contributed by atoms with Gasteiger partial charge >= 0.3 is 0 Å². The third kappa shape index (κ3) is 7.68. The number of unbranched alkanes of at least 4 members (excludes halogenated alkanes) is 2. The molecule has 1 aliphatic rings. The van der Waals surface area contributed by atoms with Gasteiger partial charge in [-0.3, -0.25) is 4.79 Å². The lowest BCUT2D eigenvalue weighted by atomic mass is 9.87. The van der Waals surface area contributed by atoms with Crippen LogP contribution in [0.15, 0.2) is 35.4 Å². The van der Waals surface area contributed by atoms with Crippen LogP contribution in [0.2, 0.25) is 10.0 Å². The quantitative estimate of drug-likeness (QED) is 0.197. The van der Waals surface area contributed by atoms with Crippen molar-refractivity contribution in [1.82, 2.24) is 0 Å². The molecule has 2 aromatic carbocycles. The lowest BCUT2D eigenvalue weighted by Crippen LogP contribution is -2.12. The summed E-state index contributed by atoms with van der Waals surface area (Å²) in [6.45, 7) is 5.34. The number of ketones is 1. The van der Waals surface area contributed by atoms with Crippen molar-refractivity contribution in [3.63, 3.8) is 0 Å². The third-order valence-corrected chi connectivity index (χ3v) is 6.71. The van der Waals surface area contributed by atoms with Gasteiger partial charge in [-0.2, -0.15) is 0 Å². The Morgan fingerprint density at radius 2 is 1.19 bits per heavy atom. The first kappa shape index (κ1) is 28.9. The smallest absolute Gasteiger partial charge is 0.185 e. The fraction of sp³-hybridized carbons (Fsp3) is 0.433. The van der Waals surface area contributed by atoms with E-state index in [0.29, 0.717) is 59.1 Å². The molecule has 7 heteroatoms. The van der Waals surface area contributed by atoms with Crippen molar-refractivity contribution in [3.05, 3.63) is 56.6 Å². The molecule has 0 radical (unpaired) electrons. The zero-order valence-electron chi connectivity index (χ0n) is 22.1. The fourth-order valence-corrected chi connectivity index (χ4v) is 4.69. The Morgan fingerprint density at radius 1 is 0.757 bits per heavy atom. The zero-order chi connectivity index (χ0) is 26.8. The molecule has 1 saturated carbocycles. The molecule has 0 unspecified atom stereocenters. The molecular formula is C30H36Cl2O5. The number of rotatable bonds is 12. The highest BCUT2D eigenvalue weighted by Gasteiger charge is 2.22. The molecule has 0 heterocycles. The number of carbonyl (C=O) groups is 1. The molecule has 0 N–H and O–H groups in total. The van der Waals surface area contributed by atoms with Gasteiger partial charge in [0, 0.05) is 11.1 Å². The highest BCUT2D eigenvalue weighted by molar-refractivity contribution is 6.33. The number of hydrogen-bond donors (Lipinski definition) is 0. The van der Waals surface area contributed by atoms with Gasteiger partial charge in [0.1, 0.15) is 0 Å². The van der Waals surface area contributed by atoms with E-state index in [2.05, 4.69) is 13.8 Å². The van der Waals surface area contributed by atoms with Crippen molar-refractivity contribution in [2.24, 2.45) is 0 Å². The van der Waals surface area contributed by atoms with Gasteiger partial charge in [-0.25, -0.2) is 0 Å². The van der Waals surface area contributed by atoms with E-state index in [-0.39, 0.29) is 5.78 Å². The van der Waals surface area contributed by atoms with Gasteiger partial charge in [0.15, 0.2) is 28.8 Å². The predicted molar refractivity (Wildman–Crippen MR) is 152 cm³/mol. The van der Waals surface area contributed by atoms with Gasteiger partial charge in [-0.1, -0.05) is 49.9 Å². The minimum absolute atomic E-state index is 0.0166. The summed E-state index contributed by atoms with van der Waals surface area (Å²) in [6, 6.07) is 7.33. The molecule has 0 spiro atoms. The highest BCUT2D eigenvalue weighted by atomic mass is 35.5. The zero-order valence-corrected chi connectivity index (χ0v) is 23.6. The molecule has 0 amide bonds. The van der Waals surface area contributed by atoms with Crippen LogP contribution in [0.25, 0.3) is 12.2 Å². The minimum atomic E-state index is 0.0166. The van der Waals surface area contributed by atoms with E-state index in [4.69, 9.17) is 42.1 Å². The molecule has 5 nitrogen and oxygen atoms in total. The molecule has 0 bridgehead atoms. The summed E-state index contributed by atoms with van der Waals surface area (Å²) in [6.07, 6.45) is 9.94. The number of carbonyl (C=O) groups excluding carboxylic acids is 1. The molecule has 200 valence electrons. The first-order valence-electron chi connectivity index (χ1n) is 12.9. The summed E-state index contributed by atoms with van der Waals surface area (Å²) >= 11 is 13.0. The van der Waals surface area contributed by atoms with Crippen molar-refractivity contribution in [1.29, 1.82) is 0 Å². The van der Waals surface area contributed by atoms with E-state index in [0.717, 1.165) is 54.4 Å². The van der Waals surface area contributed by atoms with E-state index in [1.807, 2.05) is 36.4 Å². The van der Waals surface area contributed by atoms with E-state index in [1.54, 1.807) is 14.2 Å². The van der Waals surface area contributed by atoms with Gasteiger partial charge in [-0.05, 0) is 79.6 Å². The molecule has 0 aromatic heterocycles. The first-order chi connectivity index (χ1) is 17.9. The maximum atomic E-state index is 13.4. The highest BCUT2D eigenvalue weighted by Crippen LogP contribution is 2.39. The van der Waals surface area contributed by atoms with E-state index in [1.165, 1.54) is 0 Å². The molecular weight excluding hydrogens is 511 g/mol. The Balaban J connectivity index is 1.86. The minimum Gasteiger partial charge on any atom is -0.493 e. The van der Waals surface area contributed by atoms with Crippen molar-refractivity contribution in [3.8, 4) is 23.0 Å². The van der Waals surface area contributed by atoms with E-state index in [9.17, 15) is 4.79 Å². The molecule has 37 heavy (non-hydrogen) atoms. The number of halogens is 2. The van der Waals surface area contributed by atoms with Crippen LogP contribution in [0.1, 0.15) is 69.9 Å². The number of Topliss-reactive ketones (excluding diaryl/α,β-unsaturated/α-hetero) is 1. The SMILES string of the molecule is CCCCOc1c(Cl)cc(C=C2CCCC(=Cc3cc(Cl)c(OCCCC)c(OC)c3)C2=O)cc1OC. The van der Waals surface area contributed by atoms with Gasteiger partial charge in [0.05, 0.1) is 37.5 Å². The van der Waals surface area contributed by atoms with Crippen LogP contribution in [-0.2, 0) is 4.79 Å². The Kier molecular flexibility index (Phi) is 11.2. The lowest BCUT2D eigenvalue weighted by molar-refractivity contribution is -0.112. The average molecular weight is 548 g/mol. The van der Waals surface area contributed by atoms with Crippen molar-refractivity contribution >= 4 is 41.1 Å². The van der Waals surface area contributed by atoms with E-state index >= 15 is 0 Å². The number of ether oxygens (including phenoxy) is 4. The number of methoxy groups -OCH3 is 2. The van der Waals surface area contributed by atoms with Crippen LogP contribution in [0.4, 0.5) is 0 Å². The van der Waals surface area contributed by atoms with Crippen LogP contribution in [0, 0.1) is 0 Å². The monoisotopic (exact) mass is 546 g/mol. The topological polar surface area (TPSA) is 54.0 Å². The second-order valence-electron chi connectivity index (χ2n) is 8.99. The lowest BCUT2D eigenvalue weighted by Gasteiger charge is -2.18. The molecule has 2 aromatic rings. The number of hydrogen-bond acceptors (Lipinski definition) is 5. The Bertz CT molecular complexity index is 1070. The molecule has 1 fully saturated rings. The van der Waals surface area contributed by atoms with Crippen LogP contribution in [0.3, 0.4) is 0 Å². The summed E-state index contributed by atoms with van der Waals surface area (Å²) < 4.78 is 22.7. The van der Waals surface area contributed by atoms with Gasteiger partial charge in [0.25, 0.3) is 0 Å². The number of benzene rings is 2. The van der Waals surface area contributed by atoms with E-state index < -0.39 is 0 Å². The Labute approximate surface area is 230 Å². The predicted octanol–water partition coefficient (Wildman–Crippen LogP) is 8.59. The van der Waals surface area contributed by atoms with Crippen molar-refractivity contribution < 1.29 is 23.7 Å². The van der Waals surface area contributed by atoms with Crippen LogP contribution >= 0.6 is 23.2 Å². The first-order valence-corrected chi connectivity index (χ1v) is 13.6. The summed E-state index contributed by atoms with van der Waals surface area (Å²) in [7, 11) is 3.17. The summed E-state index contributed by atoms with van der Waals surface area (Å²) in [5.41, 5.74) is 3.06. The normalized spacial score (nSPS) is 15.8. The summed E-state index contributed by atoms with van der Waals surface area (Å²) in [4.78, 5) is 13.4. The van der Waals surface area contributed by atoms with Gasteiger partial charge in [0.2, 0.25) is 0 Å². The maximum Gasteiger partial charge on any atom is 0.185 e. The fourth-order valence-electron chi connectivity index (χ4n) is 4.14. The van der Waals surface area contributed by atoms with Crippen LogP contribution in [0.5, 0.6) is 23.0 Å². The van der Waals surface area contributed by atoms with Gasteiger partial charge < -0.3 is 18.9 Å². The molecule has 0 saturated heterocycles. The standard InChI is InChI=1S/C30H36Cl2O5/c1-5-7-12-36-29-24(31)16-20(18-26(29)34-3)14-22-10-9-11-23(28(22)33)15-21-17-25(32)30(27(19-21)35-4)37-13-8-6-2/h14-19H,5-13H2,1-4H3. The van der Waals surface area contributed by atoms with Crippen LogP contribution in [-0.4, -0.2) is 33.2 Å². The second kappa shape index (κ2) is 14.3. The molecule has 0 aliphatic heterocycles. The Hall–Kier alpha value is -2.63. The number of allylic oxidation sites excluding steroid dienone is 2. The average Bonchev–Trinajstić information content (AvgIpc) is 2.88. The second-order valence-corrected chi connectivity index (χ2v) is 9.81. The maximum absolute atomic E-state index is 13.4.